The third kappa shape index (κ3) is 3.72. The number of terminal acetylenes is 1. The number of nitrogens with zero attached hydrogens (tertiary/aromatic N) is 1. The highest BCUT2D eigenvalue weighted by molar-refractivity contribution is 9.10. The van der Waals surface area contributed by atoms with Gasteiger partial charge in [0.15, 0.2) is 0 Å². The zero-order valence-corrected chi connectivity index (χ0v) is 9.97. The molecule has 0 aliphatic heterocycles. The Morgan fingerprint density at radius 2 is 2.40 bits per heavy atom. The molecule has 1 amide bonds. The van der Waals surface area contributed by atoms with Crippen LogP contribution >= 0.6 is 15.9 Å². The molecule has 0 bridgehead atoms. The maximum Gasteiger partial charge on any atom is 0.226 e. The van der Waals surface area contributed by atoms with E-state index < -0.39 is 0 Å². The van der Waals surface area contributed by atoms with Gasteiger partial charge in [-0.1, -0.05) is 0 Å². The quantitative estimate of drug-likeness (QED) is 0.855. The summed E-state index contributed by atoms with van der Waals surface area (Å²) in [6, 6.07) is 3.59. The fraction of sp³-hybridized carbons (Fsp3) is 0.273. The molecule has 1 rings (SSSR count). The zero-order chi connectivity index (χ0) is 11.3. The van der Waals surface area contributed by atoms with Gasteiger partial charge in [-0.2, -0.15) is 0 Å². The summed E-state index contributed by atoms with van der Waals surface area (Å²) in [6.45, 7) is 1.86. The van der Waals surface area contributed by atoms with E-state index in [2.05, 4.69) is 32.2 Å². The molecule has 0 aliphatic rings. The van der Waals surface area contributed by atoms with Gasteiger partial charge in [-0.05, 0) is 35.0 Å². The Hall–Kier alpha value is -1.34. The topological polar surface area (TPSA) is 42.0 Å². The van der Waals surface area contributed by atoms with E-state index >= 15 is 0 Å². The number of rotatable bonds is 3. The minimum absolute atomic E-state index is 0.109. The lowest BCUT2D eigenvalue weighted by Crippen LogP contribution is -2.12. The first-order valence-corrected chi connectivity index (χ1v) is 5.29. The van der Waals surface area contributed by atoms with Crippen molar-refractivity contribution in [1.29, 1.82) is 0 Å². The minimum atomic E-state index is -0.109. The number of aromatic nitrogens is 1. The number of hydrogen-bond acceptors (Lipinski definition) is 2. The Labute approximate surface area is 97.4 Å². The molecule has 0 aliphatic carbocycles. The van der Waals surface area contributed by atoms with Gasteiger partial charge in [-0.3, -0.25) is 4.79 Å². The summed E-state index contributed by atoms with van der Waals surface area (Å²) in [5, 5.41) is 2.68. The standard InChI is InChI=1S/C11H11BrN2O/c1-3-4-5-11(15)14-10-7-6-9(12)8(2)13-10/h1,6-7H,4-5H2,2H3,(H,13,14,15). The van der Waals surface area contributed by atoms with Crippen LogP contribution in [0.25, 0.3) is 0 Å². The molecule has 0 atom stereocenters. The lowest BCUT2D eigenvalue weighted by Gasteiger charge is -2.04. The Balaban J connectivity index is 2.62. The van der Waals surface area contributed by atoms with Crippen LogP contribution in [0.5, 0.6) is 0 Å². The Morgan fingerprint density at radius 1 is 1.67 bits per heavy atom. The molecular weight excluding hydrogens is 256 g/mol. The predicted molar refractivity (Wildman–Crippen MR) is 63.4 cm³/mol. The molecule has 0 saturated heterocycles. The Bertz CT molecular complexity index is 410. The van der Waals surface area contributed by atoms with E-state index in [1.54, 1.807) is 6.07 Å². The van der Waals surface area contributed by atoms with Crippen molar-refractivity contribution >= 4 is 27.7 Å². The van der Waals surface area contributed by atoms with Gasteiger partial charge in [0.1, 0.15) is 5.82 Å². The highest BCUT2D eigenvalue weighted by Crippen LogP contribution is 2.16. The molecule has 1 aromatic rings. The van der Waals surface area contributed by atoms with E-state index in [1.807, 2.05) is 13.0 Å². The number of pyridine rings is 1. The molecule has 1 aromatic heterocycles. The Morgan fingerprint density at radius 3 is 3.00 bits per heavy atom. The lowest BCUT2D eigenvalue weighted by atomic mass is 10.3. The Kier molecular flexibility index (Phi) is 4.32. The zero-order valence-electron chi connectivity index (χ0n) is 8.38. The minimum Gasteiger partial charge on any atom is -0.311 e. The van der Waals surface area contributed by atoms with Crippen LogP contribution in [0.4, 0.5) is 5.82 Å². The molecule has 1 N–H and O–H groups in total. The van der Waals surface area contributed by atoms with Crippen molar-refractivity contribution in [3.63, 3.8) is 0 Å². The average Bonchev–Trinajstić information content (AvgIpc) is 2.20. The number of carbonyl (C=O) groups excluding carboxylic acids is 1. The van der Waals surface area contributed by atoms with Crippen LogP contribution in [-0.2, 0) is 4.79 Å². The molecule has 0 radical (unpaired) electrons. The van der Waals surface area contributed by atoms with Gasteiger partial charge in [0.05, 0.1) is 5.69 Å². The number of amides is 1. The van der Waals surface area contributed by atoms with E-state index in [1.165, 1.54) is 0 Å². The summed E-state index contributed by atoms with van der Waals surface area (Å²) in [7, 11) is 0. The number of nitrogens with one attached hydrogen (secondary N) is 1. The van der Waals surface area contributed by atoms with Crippen LogP contribution in [0, 0.1) is 19.3 Å². The fourth-order valence-electron chi connectivity index (χ4n) is 1.00. The average molecular weight is 267 g/mol. The second-order valence-corrected chi connectivity index (χ2v) is 3.87. The predicted octanol–water partition coefficient (Wildman–Crippen LogP) is 2.50. The third-order valence-corrected chi connectivity index (χ3v) is 2.62. The first-order valence-electron chi connectivity index (χ1n) is 4.50. The van der Waals surface area contributed by atoms with Gasteiger partial charge in [0, 0.05) is 17.3 Å². The summed E-state index contributed by atoms with van der Waals surface area (Å²) >= 11 is 3.34. The third-order valence-electron chi connectivity index (χ3n) is 1.79. The molecule has 4 heteroatoms. The normalized spacial score (nSPS) is 9.40. The highest BCUT2D eigenvalue weighted by Gasteiger charge is 2.03. The SMILES string of the molecule is C#CCCC(=O)Nc1ccc(Br)c(C)n1. The van der Waals surface area contributed by atoms with Crippen LogP contribution in [0.15, 0.2) is 16.6 Å². The van der Waals surface area contributed by atoms with Crippen molar-refractivity contribution in [3.05, 3.63) is 22.3 Å². The molecule has 15 heavy (non-hydrogen) atoms. The van der Waals surface area contributed by atoms with Gasteiger partial charge in [-0.25, -0.2) is 4.98 Å². The van der Waals surface area contributed by atoms with Crippen molar-refractivity contribution in [1.82, 2.24) is 4.98 Å². The van der Waals surface area contributed by atoms with Crippen LogP contribution in [0.2, 0.25) is 0 Å². The highest BCUT2D eigenvalue weighted by atomic mass is 79.9. The van der Waals surface area contributed by atoms with E-state index in [4.69, 9.17) is 6.42 Å². The second-order valence-electron chi connectivity index (χ2n) is 3.02. The van der Waals surface area contributed by atoms with E-state index in [-0.39, 0.29) is 5.91 Å². The largest absolute Gasteiger partial charge is 0.311 e. The second kappa shape index (κ2) is 5.52. The van der Waals surface area contributed by atoms with Crippen molar-refractivity contribution in [2.24, 2.45) is 0 Å². The van der Waals surface area contributed by atoms with Gasteiger partial charge in [0.25, 0.3) is 0 Å². The summed E-state index contributed by atoms with van der Waals surface area (Å²) in [5.74, 6) is 2.86. The van der Waals surface area contributed by atoms with Crippen molar-refractivity contribution in [2.45, 2.75) is 19.8 Å². The lowest BCUT2D eigenvalue weighted by molar-refractivity contribution is -0.116. The molecule has 0 spiro atoms. The van der Waals surface area contributed by atoms with Crippen LogP contribution in [0.3, 0.4) is 0 Å². The number of anilines is 1. The summed E-state index contributed by atoms with van der Waals surface area (Å²) in [5.41, 5.74) is 0.838. The summed E-state index contributed by atoms with van der Waals surface area (Å²) < 4.78 is 0.920. The summed E-state index contributed by atoms with van der Waals surface area (Å²) in [4.78, 5) is 15.5. The monoisotopic (exact) mass is 266 g/mol. The fourth-order valence-corrected chi connectivity index (χ4v) is 1.23. The smallest absolute Gasteiger partial charge is 0.226 e. The molecule has 0 unspecified atom stereocenters. The number of halogens is 1. The summed E-state index contributed by atoms with van der Waals surface area (Å²) in [6.07, 6.45) is 5.83. The molecular formula is C11H11BrN2O. The van der Waals surface area contributed by atoms with Gasteiger partial charge in [0.2, 0.25) is 5.91 Å². The number of carbonyl (C=O) groups is 1. The molecule has 0 aromatic carbocycles. The van der Waals surface area contributed by atoms with E-state index in [0.29, 0.717) is 18.7 Å². The first kappa shape index (κ1) is 11.7. The maximum absolute atomic E-state index is 11.3. The molecule has 3 nitrogen and oxygen atoms in total. The van der Waals surface area contributed by atoms with Gasteiger partial charge >= 0.3 is 0 Å². The van der Waals surface area contributed by atoms with Gasteiger partial charge in [-0.15, -0.1) is 12.3 Å². The first-order chi connectivity index (χ1) is 7.13. The van der Waals surface area contributed by atoms with Crippen molar-refractivity contribution in [3.8, 4) is 12.3 Å². The van der Waals surface area contributed by atoms with Crippen molar-refractivity contribution < 1.29 is 4.79 Å². The van der Waals surface area contributed by atoms with Gasteiger partial charge < -0.3 is 5.32 Å². The molecule has 78 valence electrons. The number of hydrogen-bond donors (Lipinski definition) is 1. The van der Waals surface area contributed by atoms with Crippen LogP contribution < -0.4 is 5.32 Å². The van der Waals surface area contributed by atoms with E-state index in [9.17, 15) is 4.79 Å². The van der Waals surface area contributed by atoms with E-state index in [0.717, 1.165) is 10.2 Å². The molecule has 0 fully saturated rings. The van der Waals surface area contributed by atoms with Crippen LogP contribution in [-0.4, -0.2) is 10.9 Å². The van der Waals surface area contributed by atoms with Crippen molar-refractivity contribution in [2.75, 3.05) is 5.32 Å². The molecule has 1 heterocycles. The maximum atomic E-state index is 11.3. The van der Waals surface area contributed by atoms with Crippen LogP contribution in [0.1, 0.15) is 18.5 Å². The number of aryl methyl sites for hydroxylation is 1. The molecule has 0 saturated carbocycles.